The van der Waals surface area contributed by atoms with Crippen LogP contribution in [0, 0.1) is 5.92 Å². The number of hydrogen-bond donors (Lipinski definition) is 2. The van der Waals surface area contributed by atoms with E-state index in [1.165, 1.54) is 0 Å². The second-order valence-corrected chi connectivity index (χ2v) is 4.14. The van der Waals surface area contributed by atoms with Crippen molar-refractivity contribution in [2.75, 3.05) is 7.11 Å². The van der Waals surface area contributed by atoms with Gasteiger partial charge < -0.3 is 4.74 Å². The van der Waals surface area contributed by atoms with Gasteiger partial charge in [0, 0.05) is 7.11 Å². The molecule has 3 nitrogen and oxygen atoms in total. The van der Waals surface area contributed by atoms with Gasteiger partial charge in [-0.3, -0.25) is 11.3 Å². The molecular weight excluding hydrogens is 200 g/mol. The summed E-state index contributed by atoms with van der Waals surface area (Å²) in [6.45, 7) is 4.34. The van der Waals surface area contributed by atoms with E-state index in [1.807, 2.05) is 18.2 Å². The van der Waals surface area contributed by atoms with Gasteiger partial charge in [0.15, 0.2) is 0 Å². The Labute approximate surface area is 98.0 Å². The van der Waals surface area contributed by atoms with Gasteiger partial charge in [0.05, 0.1) is 12.1 Å². The first kappa shape index (κ1) is 13.2. The molecule has 0 fully saturated rings. The minimum Gasteiger partial charge on any atom is -0.375 e. The molecule has 90 valence electrons. The third-order valence-electron chi connectivity index (χ3n) is 3.16. The van der Waals surface area contributed by atoms with E-state index >= 15 is 0 Å². The molecule has 3 heteroatoms. The van der Waals surface area contributed by atoms with E-state index in [0.29, 0.717) is 5.92 Å². The Kier molecular flexibility index (Phi) is 5.46. The van der Waals surface area contributed by atoms with Crippen LogP contribution in [0.4, 0.5) is 0 Å². The van der Waals surface area contributed by atoms with Gasteiger partial charge in [-0.2, -0.15) is 0 Å². The Morgan fingerprint density at radius 2 is 1.94 bits per heavy atom. The van der Waals surface area contributed by atoms with E-state index in [4.69, 9.17) is 10.6 Å². The zero-order valence-electron chi connectivity index (χ0n) is 10.3. The fourth-order valence-corrected chi connectivity index (χ4v) is 1.94. The Morgan fingerprint density at radius 3 is 2.38 bits per heavy atom. The molecular formula is C13H22N2O. The lowest BCUT2D eigenvalue weighted by Gasteiger charge is -2.30. The molecule has 0 amide bonds. The number of benzene rings is 1. The summed E-state index contributed by atoms with van der Waals surface area (Å²) in [5.41, 5.74) is 4.04. The molecule has 0 aliphatic rings. The van der Waals surface area contributed by atoms with Crippen LogP contribution in [0.2, 0.25) is 0 Å². The number of hydrazine groups is 1. The van der Waals surface area contributed by atoms with Crippen LogP contribution in [0.3, 0.4) is 0 Å². The third-order valence-corrected chi connectivity index (χ3v) is 3.16. The van der Waals surface area contributed by atoms with E-state index in [1.54, 1.807) is 7.11 Å². The lowest BCUT2D eigenvalue weighted by atomic mass is 9.91. The van der Waals surface area contributed by atoms with Crippen LogP contribution < -0.4 is 11.3 Å². The lowest BCUT2D eigenvalue weighted by molar-refractivity contribution is 0.0484. The maximum atomic E-state index is 5.63. The van der Waals surface area contributed by atoms with E-state index in [0.717, 1.165) is 12.0 Å². The minimum absolute atomic E-state index is 0.00106. The summed E-state index contributed by atoms with van der Waals surface area (Å²) in [6.07, 6.45) is 1.07. The summed E-state index contributed by atoms with van der Waals surface area (Å²) in [4.78, 5) is 0. The molecule has 0 radical (unpaired) electrons. The second kappa shape index (κ2) is 6.63. The van der Waals surface area contributed by atoms with Crippen molar-refractivity contribution in [1.29, 1.82) is 0 Å². The van der Waals surface area contributed by atoms with Crippen molar-refractivity contribution in [1.82, 2.24) is 5.43 Å². The molecule has 0 saturated carbocycles. The molecule has 16 heavy (non-hydrogen) atoms. The fourth-order valence-electron chi connectivity index (χ4n) is 1.94. The smallest absolute Gasteiger partial charge is 0.0990 e. The first-order chi connectivity index (χ1) is 7.74. The van der Waals surface area contributed by atoms with Crippen molar-refractivity contribution in [2.45, 2.75) is 32.4 Å². The molecule has 0 spiro atoms. The van der Waals surface area contributed by atoms with E-state index in [2.05, 4.69) is 31.4 Å². The van der Waals surface area contributed by atoms with Gasteiger partial charge in [0.25, 0.3) is 0 Å². The molecule has 1 rings (SSSR count). The summed E-state index contributed by atoms with van der Waals surface area (Å²) in [7, 11) is 1.73. The molecule has 1 aromatic carbocycles. The highest BCUT2D eigenvalue weighted by molar-refractivity contribution is 5.19. The highest BCUT2D eigenvalue weighted by Gasteiger charge is 2.25. The molecule has 0 bridgehead atoms. The number of hydrogen-bond acceptors (Lipinski definition) is 3. The number of methoxy groups -OCH3 is 1. The van der Waals surface area contributed by atoms with Gasteiger partial charge in [0.2, 0.25) is 0 Å². The van der Waals surface area contributed by atoms with E-state index in [-0.39, 0.29) is 12.1 Å². The molecule has 0 saturated heterocycles. The predicted molar refractivity (Wildman–Crippen MR) is 66.8 cm³/mol. The summed E-state index contributed by atoms with van der Waals surface area (Å²) in [5, 5.41) is 0. The van der Waals surface area contributed by atoms with Crippen LogP contribution in [-0.4, -0.2) is 13.2 Å². The predicted octanol–water partition coefficient (Wildman–Crippen LogP) is 2.25. The molecule has 3 atom stereocenters. The quantitative estimate of drug-likeness (QED) is 0.573. The molecule has 0 aliphatic carbocycles. The van der Waals surface area contributed by atoms with Crippen molar-refractivity contribution in [3.05, 3.63) is 35.9 Å². The van der Waals surface area contributed by atoms with Gasteiger partial charge in [-0.05, 0) is 11.5 Å². The SMILES string of the molecule is CCC(C)C(NN)C(OC)c1ccccc1. The average Bonchev–Trinajstić information content (AvgIpc) is 2.36. The largest absolute Gasteiger partial charge is 0.375 e. The number of ether oxygens (including phenoxy) is 1. The summed E-state index contributed by atoms with van der Waals surface area (Å²) >= 11 is 0. The Morgan fingerprint density at radius 1 is 1.31 bits per heavy atom. The van der Waals surface area contributed by atoms with Crippen LogP contribution in [-0.2, 0) is 4.74 Å². The maximum Gasteiger partial charge on any atom is 0.0990 e. The number of nitrogens with one attached hydrogen (secondary N) is 1. The first-order valence-corrected chi connectivity index (χ1v) is 5.78. The van der Waals surface area contributed by atoms with Crippen LogP contribution in [0.15, 0.2) is 30.3 Å². The summed E-state index contributed by atoms with van der Waals surface area (Å²) < 4.78 is 5.57. The van der Waals surface area contributed by atoms with E-state index < -0.39 is 0 Å². The van der Waals surface area contributed by atoms with Crippen molar-refractivity contribution >= 4 is 0 Å². The minimum atomic E-state index is 0.00106. The summed E-state index contributed by atoms with van der Waals surface area (Å²) in [6, 6.07) is 10.3. The Hall–Kier alpha value is -0.900. The first-order valence-electron chi connectivity index (χ1n) is 5.78. The highest BCUT2D eigenvalue weighted by Crippen LogP contribution is 2.25. The topological polar surface area (TPSA) is 47.3 Å². The van der Waals surface area contributed by atoms with Crippen LogP contribution in [0.5, 0.6) is 0 Å². The Bertz CT molecular complexity index is 289. The molecule has 3 unspecified atom stereocenters. The maximum absolute atomic E-state index is 5.63. The summed E-state index contributed by atoms with van der Waals surface area (Å²) in [5.74, 6) is 6.10. The zero-order valence-corrected chi connectivity index (χ0v) is 10.3. The second-order valence-electron chi connectivity index (χ2n) is 4.14. The van der Waals surface area contributed by atoms with Crippen molar-refractivity contribution in [2.24, 2.45) is 11.8 Å². The lowest BCUT2D eigenvalue weighted by Crippen LogP contribution is -2.44. The molecule has 0 aliphatic heterocycles. The monoisotopic (exact) mass is 222 g/mol. The Balaban J connectivity index is 2.87. The zero-order chi connectivity index (χ0) is 12.0. The van der Waals surface area contributed by atoms with Gasteiger partial charge in [-0.15, -0.1) is 0 Å². The van der Waals surface area contributed by atoms with Gasteiger partial charge >= 0.3 is 0 Å². The van der Waals surface area contributed by atoms with Crippen LogP contribution >= 0.6 is 0 Å². The van der Waals surface area contributed by atoms with Crippen molar-refractivity contribution in [3.63, 3.8) is 0 Å². The van der Waals surface area contributed by atoms with Gasteiger partial charge in [0.1, 0.15) is 0 Å². The van der Waals surface area contributed by atoms with E-state index in [9.17, 15) is 0 Å². The van der Waals surface area contributed by atoms with Crippen LogP contribution in [0.1, 0.15) is 31.9 Å². The highest BCUT2D eigenvalue weighted by atomic mass is 16.5. The standard InChI is InChI=1S/C13H22N2O/c1-4-10(2)12(15-14)13(16-3)11-8-6-5-7-9-11/h5-10,12-13,15H,4,14H2,1-3H3. The van der Waals surface area contributed by atoms with Crippen molar-refractivity contribution < 1.29 is 4.74 Å². The average molecular weight is 222 g/mol. The van der Waals surface area contributed by atoms with Gasteiger partial charge in [-0.25, -0.2) is 0 Å². The van der Waals surface area contributed by atoms with Crippen LogP contribution in [0.25, 0.3) is 0 Å². The number of rotatable bonds is 6. The molecule has 0 aromatic heterocycles. The number of nitrogens with two attached hydrogens (primary N) is 1. The molecule has 0 heterocycles. The van der Waals surface area contributed by atoms with Gasteiger partial charge in [-0.1, -0.05) is 50.6 Å². The third kappa shape index (κ3) is 3.04. The fraction of sp³-hybridized carbons (Fsp3) is 0.538. The van der Waals surface area contributed by atoms with Crippen molar-refractivity contribution in [3.8, 4) is 0 Å². The normalized spacial score (nSPS) is 16.8. The molecule has 3 N–H and O–H groups in total. The molecule has 1 aromatic rings.